The summed E-state index contributed by atoms with van der Waals surface area (Å²) in [6.07, 6.45) is 1.69. The third-order valence-electron chi connectivity index (χ3n) is 5.91. The van der Waals surface area contributed by atoms with E-state index >= 15 is 0 Å². The van der Waals surface area contributed by atoms with Crippen LogP contribution in [0.25, 0.3) is 0 Å². The van der Waals surface area contributed by atoms with Gasteiger partial charge in [0.15, 0.2) is 0 Å². The van der Waals surface area contributed by atoms with Crippen LogP contribution < -0.4 is 0 Å². The molecule has 0 amide bonds. The predicted molar refractivity (Wildman–Crippen MR) is 99.7 cm³/mol. The molecule has 2 heterocycles. The standard InChI is InChI=1S/C19H29N3O2S/c1-15(2)21-12-17-6-4-3-5-16(17)11-20-9-10-22(14-18(20)13-21)25(23,24)19-7-8-19/h3-6,15,18-19H,7-14H2,1-2H3. The van der Waals surface area contributed by atoms with Gasteiger partial charge in [-0.1, -0.05) is 24.3 Å². The maximum atomic E-state index is 12.7. The number of benzene rings is 1. The molecule has 4 rings (SSSR count). The highest BCUT2D eigenvalue weighted by Gasteiger charge is 2.43. The monoisotopic (exact) mass is 363 g/mol. The van der Waals surface area contributed by atoms with Crippen LogP contribution in [-0.4, -0.2) is 66.0 Å². The van der Waals surface area contributed by atoms with Crippen molar-refractivity contribution < 1.29 is 8.42 Å². The number of hydrogen-bond acceptors (Lipinski definition) is 4. The Hall–Kier alpha value is -0.950. The van der Waals surface area contributed by atoms with Gasteiger partial charge in [-0.25, -0.2) is 8.42 Å². The summed E-state index contributed by atoms with van der Waals surface area (Å²) in [6.45, 7) is 9.40. The van der Waals surface area contributed by atoms with Crippen molar-refractivity contribution in [2.75, 3.05) is 26.2 Å². The van der Waals surface area contributed by atoms with Crippen LogP contribution in [0, 0.1) is 0 Å². The van der Waals surface area contributed by atoms with Crippen molar-refractivity contribution >= 4 is 10.0 Å². The van der Waals surface area contributed by atoms with Gasteiger partial charge in [-0.05, 0) is 37.8 Å². The second kappa shape index (κ2) is 6.65. The fourth-order valence-electron chi connectivity index (χ4n) is 4.09. The summed E-state index contributed by atoms with van der Waals surface area (Å²) in [5.74, 6) is 0. The van der Waals surface area contributed by atoms with E-state index in [1.165, 1.54) is 11.1 Å². The van der Waals surface area contributed by atoms with Gasteiger partial charge in [0.25, 0.3) is 0 Å². The Balaban J connectivity index is 1.59. The zero-order valence-corrected chi connectivity index (χ0v) is 16.1. The minimum absolute atomic E-state index is 0.102. The fraction of sp³-hybridized carbons (Fsp3) is 0.684. The summed E-state index contributed by atoms with van der Waals surface area (Å²) >= 11 is 0. The van der Waals surface area contributed by atoms with Crippen molar-refractivity contribution in [2.45, 2.75) is 57.1 Å². The first-order chi connectivity index (χ1) is 11.9. The van der Waals surface area contributed by atoms with E-state index in [1.54, 1.807) is 4.31 Å². The molecule has 5 nitrogen and oxygen atoms in total. The van der Waals surface area contributed by atoms with Gasteiger partial charge in [0.1, 0.15) is 0 Å². The molecular weight excluding hydrogens is 334 g/mol. The molecule has 2 aliphatic heterocycles. The van der Waals surface area contributed by atoms with Gasteiger partial charge in [0.2, 0.25) is 10.0 Å². The molecule has 0 radical (unpaired) electrons. The molecule has 1 aromatic carbocycles. The van der Waals surface area contributed by atoms with Crippen molar-refractivity contribution in [3.63, 3.8) is 0 Å². The number of fused-ring (bicyclic) bond motifs is 2. The largest absolute Gasteiger partial charge is 0.295 e. The van der Waals surface area contributed by atoms with Crippen molar-refractivity contribution in [3.05, 3.63) is 35.4 Å². The maximum absolute atomic E-state index is 12.7. The molecule has 3 aliphatic rings. The highest BCUT2D eigenvalue weighted by atomic mass is 32.2. The average molecular weight is 364 g/mol. The van der Waals surface area contributed by atoms with E-state index in [9.17, 15) is 8.42 Å². The smallest absolute Gasteiger partial charge is 0.217 e. The highest BCUT2D eigenvalue weighted by molar-refractivity contribution is 7.90. The minimum Gasteiger partial charge on any atom is -0.295 e. The maximum Gasteiger partial charge on any atom is 0.217 e. The molecule has 0 bridgehead atoms. The van der Waals surface area contributed by atoms with Gasteiger partial charge < -0.3 is 0 Å². The number of piperazine rings is 1. The first-order valence-electron chi connectivity index (χ1n) is 9.49. The van der Waals surface area contributed by atoms with Crippen LogP contribution in [0.5, 0.6) is 0 Å². The number of sulfonamides is 1. The Labute approximate surface area is 151 Å². The van der Waals surface area contributed by atoms with Crippen molar-refractivity contribution in [2.24, 2.45) is 0 Å². The lowest BCUT2D eigenvalue weighted by atomic mass is 10.0. The molecule has 0 spiro atoms. The van der Waals surface area contributed by atoms with E-state index in [-0.39, 0.29) is 11.3 Å². The third kappa shape index (κ3) is 3.50. The van der Waals surface area contributed by atoms with E-state index in [0.717, 1.165) is 39.0 Å². The summed E-state index contributed by atoms with van der Waals surface area (Å²) in [7, 11) is -3.07. The lowest BCUT2D eigenvalue weighted by Gasteiger charge is -2.45. The predicted octanol–water partition coefficient (Wildman–Crippen LogP) is 1.89. The summed E-state index contributed by atoms with van der Waals surface area (Å²) in [5.41, 5.74) is 2.79. The fourth-order valence-corrected chi connectivity index (χ4v) is 5.96. The van der Waals surface area contributed by atoms with E-state index in [4.69, 9.17) is 0 Å². The Morgan fingerprint density at radius 2 is 1.68 bits per heavy atom. The molecule has 1 unspecified atom stereocenters. The van der Waals surface area contributed by atoms with Crippen LogP contribution in [0.1, 0.15) is 37.8 Å². The van der Waals surface area contributed by atoms with E-state index < -0.39 is 10.0 Å². The average Bonchev–Trinajstić information content (AvgIpc) is 3.40. The molecule has 138 valence electrons. The molecule has 1 saturated heterocycles. The van der Waals surface area contributed by atoms with Gasteiger partial charge in [-0.2, -0.15) is 4.31 Å². The molecule has 0 N–H and O–H groups in total. The molecule has 1 atom stereocenters. The van der Waals surface area contributed by atoms with Crippen molar-refractivity contribution in [1.29, 1.82) is 0 Å². The lowest BCUT2D eigenvalue weighted by Crippen LogP contribution is -2.59. The Morgan fingerprint density at radius 1 is 1.00 bits per heavy atom. The van der Waals surface area contributed by atoms with E-state index in [1.807, 2.05) is 0 Å². The molecular formula is C19H29N3O2S. The van der Waals surface area contributed by atoms with Crippen LogP contribution >= 0.6 is 0 Å². The molecule has 0 aromatic heterocycles. The first-order valence-corrected chi connectivity index (χ1v) is 11.0. The number of rotatable bonds is 3. The van der Waals surface area contributed by atoms with Crippen LogP contribution in [0.4, 0.5) is 0 Å². The van der Waals surface area contributed by atoms with Crippen LogP contribution in [0.2, 0.25) is 0 Å². The molecule has 2 fully saturated rings. The van der Waals surface area contributed by atoms with E-state index in [2.05, 4.69) is 47.9 Å². The second-order valence-corrected chi connectivity index (χ2v) is 10.2. The minimum atomic E-state index is -3.07. The molecule has 25 heavy (non-hydrogen) atoms. The lowest BCUT2D eigenvalue weighted by molar-refractivity contribution is 0.0577. The summed E-state index contributed by atoms with van der Waals surface area (Å²) < 4.78 is 27.1. The zero-order valence-electron chi connectivity index (χ0n) is 15.3. The number of hydrogen-bond donors (Lipinski definition) is 0. The summed E-state index contributed by atoms with van der Waals surface area (Å²) in [5, 5.41) is -0.102. The molecule has 1 aliphatic carbocycles. The van der Waals surface area contributed by atoms with Gasteiger partial charge >= 0.3 is 0 Å². The van der Waals surface area contributed by atoms with Crippen LogP contribution in [0.3, 0.4) is 0 Å². The van der Waals surface area contributed by atoms with Crippen LogP contribution in [0.15, 0.2) is 24.3 Å². The molecule has 1 saturated carbocycles. The number of nitrogens with zero attached hydrogens (tertiary/aromatic N) is 3. The Bertz CT molecular complexity index is 730. The van der Waals surface area contributed by atoms with Crippen LogP contribution in [-0.2, 0) is 23.1 Å². The summed E-state index contributed by atoms with van der Waals surface area (Å²) in [6, 6.07) is 9.42. The zero-order chi connectivity index (χ0) is 17.6. The highest BCUT2D eigenvalue weighted by Crippen LogP contribution is 2.33. The van der Waals surface area contributed by atoms with E-state index in [0.29, 0.717) is 19.1 Å². The normalized spacial score (nSPS) is 26.8. The molecule has 1 aromatic rings. The Kier molecular flexibility index (Phi) is 4.65. The molecule has 6 heteroatoms. The SMILES string of the molecule is CC(C)N1Cc2ccccc2CN2CCN(S(=O)(=O)C3CC3)CC2C1. The van der Waals surface area contributed by atoms with Gasteiger partial charge in [0, 0.05) is 51.4 Å². The van der Waals surface area contributed by atoms with Crippen molar-refractivity contribution in [1.82, 2.24) is 14.1 Å². The topological polar surface area (TPSA) is 43.9 Å². The quantitative estimate of drug-likeness (QED) is 0.823. The third-order valence-corrected chi connectivity index (χ3v) is 8.28. The van der Waals surface area contributed by atoms with Gasteiger partial charge in [-0.3, -0.25) is 9.80 Å². The van der Waals surface area contributed by atoms with Crippen molar-refractivity contribution in [3.8, 4) is 0 Å². The summed E-state index contributed by atoms with van der Waals surface area (Å²) in [4.78, 5) is 4.98. The Morgan fingerprint density at radius 3 is 2.32 bits per heavy atom. The van der Waals surface area contributed by atoms with Gasteiger partial charge in [0.05, 0.1) is 5.25 Å². The first kappa shape index (κ1) is 17.5. The second-order valence-electron chi connectivity index (χ2n) is 8.02. The van der Waals surface area contributed by atoms with Gasteiger partial charge in [-0.15, -0.1) is 0 Å².